The largest absolute Gasteiger partial charge is 0.475 e. The maximum atomic E-state index is 10.7. The second kappa shape index (κ2) is 6.45. The molecule has 1 unspecified atom stereocenters. The number of carboxylic acid groups (broad SMARTS) is 1. The molecule has 17 heavy (non-hydrogen) atoms. The zero-order valence-corrected chi connectivity index (χ0v) is 10.7. The molecule has 0 bridgehead atoms. The third kappa shape index (κ3) is 3.89. The Morgan fingerprint density at radius 3 is 2.71 bits per heavy atom. The van der Waals surface area contributed by atoms with Crippen LogP contribution in [0.1, 0.15) is 55.0 Å². The van der Waals surface area contributed by atoms with Crippen LogP contribution >= 0.6 is 0 Å². The van der Waals surface area contributed by atoms with Crippen molar-refractivity contribution >= 4 is 5.97 Å². The van der Waals surface area contributed by atoms with Crippen molar-refractivity contribution in [1.82, 2.24) is 5.32 Å². The molecule has 1 aromatic rings. The standard InChI is InChI=1S/C13H21NO3/c1-4-6-11(5-2)14-8-10-7-12(13(15)16)17-9(10)3/h7,11,14H,4-6,8H2,1-3H3,(H,15,16). The van der Waals surface area contributed by atoms with Gasteiger partial charge in [0.2, 0.25) is 5.76 Å². The van der Waals surface area contributed by atoms with Gasteiger partial charge in [-0.25, -0.2) is 4.79 Å². The summed E-state index contributed by atoms with van der Waals surface area (Å²) in [4.78, 5) is 10.7. The molecule has 4 heteroatoms. The molecule has 0 aliphatic heterocycles. The van der Waals surface area contributed by atoms with Crippen LogP contribution in [0.15, 0.2) is 10.5 Å². The third-order valence-corrected chi connectivity index (χ3v) is 2.94. The summed E-state index contributed by atoms with van der Waals surface area (Å²) in [6.07, 6.45) is 3.37. The first-order valence-electron chi connectivity index (χ1n) is 6.14. The van der Waals surface area contributed by atoms with Crippen LogP contribution in [0.3, 0.4) is 0 Å². The highest BCUT2D eigenvalue weighted by atomic mass is 16.4. The molecule has 0 fully saturated rings. The number of aryl methyl sites for hydroxylation is 1. The summed E-state index contributed by atoms with van der Waals surface area (Å²) in [6.45, 7) is 6.78. The van der Waals surface area contributed by atoms with Crippen molar-refractivity contribution in [2.75, 3.05) is 0 Å². The molecule has 0 aliphatic rings. The fourth-order valence-corrected chi connectivity index (χ4v) is 1.85. The predicted octanol–water partition coefficient (Wildman–Crippen LogP) is 2.95. The number of carboxylic acids is 1. The van der Waals surface area contributed by atoms with Crippen LogP contribution in [0.5, 0.6) is 0 Å². The zero-order chi connectivity index (χ0) is 12.8. The molecule has 0 amide bonds. The maximum Gasteiger partial charge on any atom is 0.371 e. The summed E-state index contributed by atoms with van der Waals surface area (Å²) in [5.41, 5.74) is 0.928. The highest BCUT2D eigenvalue weighted by molar-refractivity contribution is 5.84. The number of hydrogen-bond donors (Lipinski definition) is 2. The first-order valence-corrected chi connectivity index (χ1v) is 6.14. The Bertz CT molecular complexity index is 371. The molecule has 0 aromatic carbocycles. The van der Waals surface area contributed by atoms with Gasteiger partial charge in [-0.05, 0) is 25.8 Å². The van der Waals surface area contributed by atoms with Gasteiger partial charge in [-0.2, -0.15) is 0 Å². The molecular formula is C13H21NO3. The van der Waals surface area contributed by atoms with Crippen LogP contribution in [0.25, 0.3) is 0 Å². The summed E-state index contributed by atoms with van der Waals surface area (Å²) >= 11 is 0. The number of furan rings is 1. The van der Waals surface area contributed by atoms with Crippen LogP contribution in [-0.2, 0) is 6.54 Å². The SMILES string of the molecule is CCCC(CC)NCc1cc(C(=O)O)oc1C. The zero-order valence-electron chi connectivity index (χ0n) is 10.7. The number of carbonyl (C=O) groups is 1. The summed E-state index contributed by atoms with van der Waals surface area (Å²) in [5.74, 6) is -0.316. The lowest BCUT2D eigenvalue weighted by Gasteiger charge is -2.15. The molecule has 0 radical (unpaired) electrons. The van der Waals surface area contributed by atoms with Crippen molar-refractivity contribution in [1.29, 1.82) is 0 Å². The molecule has 4 nitrogen and oxygen atoms in total. The van der Waals surface area contributed by atoms with Gasteiger partial charge in [0.25, 0.3) is 0 Å². The molecule has 0 saturated heterocycles. The monoisotopic (exact) mass is 239 g/mol. The summed E-state index contributed by atoms with van der Waals surface area (Å²) in [7, 11) is 0. The quantitative estimate of drug-likeness (QED) is 0.768. The van der Waals surface area contributed by atoms with Crippen LogP contribution in [-0.4, -0.2) is 17.1 Å². The van der Waals surface area contributed by atoms with Gasteiger partial charge in [0, 0.05) is 18.2 Å². The molecule has 1 atom stereocenters. The molecule has 2 N–H and O–H groups in total. The van der Waals surface area contributed by atoms with Gasteiger partial charge in [0.1, 0.15) is 5.76 Å². The van der Waals surface area contributed by atoms with E-state index in [1.165, 1.54) is 0 Å². The van der Waals surface area contributed by atoms with Crippen molar-refractivity contribution in [2.45, 2.75) is 52.6 Å². The summed E-state index contributed by atoms with van der Waals surface area (Å²) in [5, 5.41) is 12.2. The van der Waals surface area contributed by atoms with E-state index in [0.717, 1.165) is 24.8 Å². The van der Waals surface area contributed by atoms with Gasteiger partial charge < -0.3 is 14.8 Å². The van der Waals surface area contributed by atoms with E-state index in [2.05, 4.69) is 19.2 Å². The summed E-state index contributed by atoms with van der Waals surface area (Å²) < 4.78 is 5.16. The number of hydrogen-bond acceptors (Lipinski definition) is 3. The van der Waals surface area contributed by atoms with Crippen molar-refractivity contribution in [3.05, 3.63) is 23.2 Å². The second-order valence-electron chi connectivity index (χ2n) is 4.27. The Hall–Kier alpha value is -1.29. The van der Waals surface area contributed by atoms with E-state index in [0.29, 0.717) is 18.3 Å². The van der Waals surface area contributed by atoms with Gasteiger partial charge in [0.05, 0.1) is 0 Å². The van der Waals surface area contributed by atoms with E-state index in [1.807, 2.05) is 0 Å². The second-order valence-corrected chi connectivity index (χ2v) is 4.27. The normalized spacial score (nSPS) is 12.6. The van der Waals surface area contributed by atoms with E-state index in [9.17, 15) is 4.79 Å². The average Bonchev–Trinajstić information content (AvgIpc) is 2.66. The molecule has 1 heterocycles. The van der Waals surface area contributed by atoms with Crippen molar-refractivity contribution in [3.8, 4) is 0 Å². The van der Waals surface area contributed by atoms with E-state index in [1.54, 1.807) is 13.0 Å². The van der Waals surface area contributed by atoms with Gasteiger partial charge in [-0.1, -0.05) is 20.3 Å². The third-order valence-electron chi connectivity index (χ3n) is 2.94. The number of nitrogens with one attached hydrogen (secondary N) is 1. The Balaban J connectivity index is 2.59. The molecule has 1 aromatic heterocycles. The van der Waals surface area contributed by atoms with Crippen molar-refractivity contribution in [3.63, 3.8) is 0 Å². The topological polar surface area (TPSA) is 62.5 Å². The lowest BCUT2D eigenvalue weighted by molar-refractivity contribution is 0.0661. The first-order chi connectivity index (χ1) is 8.08. The fourth-order valence-electron chi connectivity index (χ4n) is 1.85. The van der Waals surface area contributed by atoms with Crippen molar-refractivity contribution < 1.29 is 14.3 Å². The van der Waals surface area contributed by atoms with E-state index < -0.39 is 5.97 Å². The minimum atomic E-state index is -1.01. The molecule has 0 aliphatic carbocycles. The van der Waals surface area contributed by atoms with Gasteiger partial charge in [-0.15, -0.1) is 0 Å². The Kier molecular flexibility index (Phi) is 5.22. The minimum Gasteiger partial charge on any atom is -0.475 e. The Morgan fingerprint density at radius 1 is 1.53 bits per heavy atom. The fraction of sp³-hybridized carbons (Fsp3) is 0.615. The first kappa shape index (κ1) is 13.8. The molecule has 0 spiro atoms. The molecule has 96 valence electrons. The van der Waals surface area contributed by atoms with E-state index in [4.69, 9.17) is 9.52 Å². The van der Waals surface area contributed by atoms with Gasteiger partial charge in [-0.3, -0.25) is 0 Å². The Morgan fingerprint density at radius 2 is 2.24 bits per heavy atom. The Labute approximate surface area is 102 Å². The van der Waals surface area contributed by atoms with E-state index in [-0.39, 0.29) is 5.76 Å². The lowest BCUT2D eigenvalue weighted by atomic mass is 10.1. The molecule has 0 saturated carbocycles. The van der Waals surface area contributed by atoms with Crippen LogP contribution in [0.4, 0.5) is 0 Å². The predicted molar refractivity (Wildman–Crippen MR) is 66.2 cm³/mol. The highest BCUT2D eigenvalue weighted by Crippen LogP contribution is 2.15. The highest BCUT2D eigenvalue weighted by Gasteiger charge is 2.13. The molecule has 1 rings (SSSR count). The smallest absolute Gasteiger partial charge is 0.371 e. The van der Waals surface area contributed by atoms with Crippen molar-refractivity contribution in [2.24, 2.45) is 0 Å². The van der Waals surface area contributed by atoms with E-state index >= 15 is 0 Å². The van der Waals surface area contributed by atoms with Gasteiger partial charge in [0.15, 0.2) is 0 Å². The van der Waals surface area contributed by atoms with Crippen LogP contribution < -0.4 is 5.32 Å². The van der Waals surface area contributed by atoms with Crippen LogP contribution in [0, 0.1) is 6.92 Å². The number of aromatic carboxylic acids is 1. The average molecular weight is 239 g/mol. The minimum absolute atomic E-state index is 0.0165. The summed E-state index contributed by atoms with van der Waals surface area (Å²) in [6, 6.07) is 2.09. The maximum absolute atomic E-state index is 10.7. The molecular weight excluding hydrogens is 218 g/mol. The van der Waals surface area contributed by atoms with Crippen LogP contribution in [0.2, 0.25) is 0 Å². The lowest BCUT2D eigenvalue weighted by Crippen LogP contribution is -2.27. The van der Waals surface area contributed by atoms with Gasteiger partial charge >= 0.3 is 5.97 Å². The number of rotatable bonds is 7.